The first kappa shape index (κ1) is 32.4. The summed E-state index contributed by atoms with van der Waals surface area (Å²) in [7, 11) is 0. The lowest BCUT2D eigenvalue weighted by molar-refractivity contribution is -0.172. The topological polar surface area (TPSA) is 105 Å². The van der Waals surface area contributed by atoms with Crippen LogP contribution in [0.15, 0.2) is 36.4 Å². The summed E-state index contributed by atoms with van der Waals surface area (Å²) >= 11 is 12.6. The zero-order valence-corrected chi connectivity index (χ0v) is 27.2. The number of anilines is 1. The van der Waals surface area contributed by atoms with Gasteiger partial charge in [0.1, 0.15) is 11.2 Å². The normalized spacial score (nSPS) is 25.1. The van der Waals surface area contributed by atoms with Crippen molar-refractivity contribution in [2.75, 3.05) is 18.4 Å². The van der Waals surface area contributed by atoms with Crippen molar-refractivity contribution in [2.24, 2.45) is 11.3 Å². The van der Waals surface area contributed by atoms with Crippen LogP contribution >= 0.6 is 23.2 Å². The summed E-state index contributed by atoms with van der Waals surface area (Å²) in [4.78, 5) is 54.4. The number of fused-ring (bicyclic) bond motifs is 2. The first-order valence-electron chi connectivity index (χ1n) is 14.8. The van der Waals surface area contributed by atoms with E-state index >= 15 is 4.39 Å². The predicted octanol–water partition coefficient (Wildman–Crippen LogP) is 5.64. The van der Waals surface area contributed by atoms with Crippen molar-refractivity contribution >= 4 is 52.5 Å². The third-order valence-electron chi connectivity index (χ3n) is 8.93. The molecule has 0 aliphatic carbocycles. The molecule has 2 N–H and O–H groups in total. The maximum absolute atomic E-state index is 15.9. The number of nitrogens with one attached hydrogen (secondary N) is 2. The van der Waals surface area contributed by atoms with Gasteiger partial charge in [0.05, 0.1) is 11.1 Å². The number of amides is 2. The maximum Gasteiger partial charge on any atom is 0.303 e. The predicted molar refractivity (Wildman–Crippen MR) is 166 cm³/mol. The van der Waals surface area contributed by atoms with E-state index < -0.39 is 40.8 Å². The molecule has 0 aromatic heterocycles. The summed E-state index contributed by atoms with van der Waals surface area (Å²) in [6.07, 6.45) is 0.628. The molecule has 0 radical (unpaired) electrons. The van der Waals surface area contributed by atoms with Gasteiger partial charge in [-0.25, -0.2) is 4.39 Å². The van der Waals surface area contributed by atoms with Crippen LogP contribution in [0.4, 0.5) is 10.1 Å². The Hall–Kier alpha value is -3.01. The summed E-state index contributed by atoms with van der Waals surface area (Å²) in [6, 6.07) is 8.40. The summed E-state index contributed by atoms with van der Waals surface area (Å²) in [5.41, 5.74) is -1.52. The number of ether oxygens (including phenoxy) is 1. The van der Waals surface area contributed by atoms with E-state index in [-0.39, 0.29) is 45.9 Å². The van der Waals surface area contributed by atoms with Gasteiger partial charge in [0.15, 0.2) is 11.4 Å². The number of Topliss-reactive ketones (excluding diaryl/α,β-unsaturated/α-hetero) is 1. The van der Waals surface area contributed by atoms with Crippen LogP contribution in [-0.2, 0) is 29.3 Å². The average Bonchev–Trinajstić information content (AvgIpc) is 3.35. The number of hydrogen-bond donors (Lipinski definition) is 2. The number of esters is 1. The number of nitrogens with zero attached hydrogens (tertiary/aromatic N) is 1. The van der Waals surface area contributed by atoms with E-state index in [9.17, 15) is 19.2 Å². The quantitative estimate of drug-likeness (QED) is 0.378. The molecule has 5 rings (SSSR count). The van der Waals surface area contributed by atoms with E-state index in [4.69, 9.17) is 27.9 Å². The van der Waals surface area contributed by atoms with Crippen molar-refractivity contribution in [1.29, 1.82) is 0 Å². The fourth-order valence-corrected chi connectivity index (χ4v) is 7.62. The highest BCUT2D eigenvalue weighted by atomic mass is 35.5. The van der Waals surface area contributed by atoms with Crippen LogP contribution in [0.5, 0.6) is 0 Å². The highest BCUT2D eigenvalue weighted by molar-refractivity contribution is 6.31. The van der Waals surface area contributed by atoms with Crippen LogP contribution in [0.3, 0.4) is 0 Å². The minimum absolute atomic E-state index is 0.0959. The van der Waals surface area contributed by atoms with E-state index in [0.717, 1.165) is 0 Å². The van der Waals surface area contributed by atoms with E-state index in [1.807, 2.05) is 0 Å². The van der Waals surface area contributed by atoms with Crippen molar-refractivity contribution < 1.29 is 28.3 Å². The molecule has 2 amide bonds. The fourth-order valence-electron chi connectivity index (χ4n) is 7.26. The van der Waals surface area contributed by atoms with Crippen molar-refractivity contribution in [3.63, 3.8) is 0 Å². The average molecular weight is 647 g/mol. The van der Waals surface area contributed by atoms with Crippen molar-refractivity contribution in [1.82, 2.24) is 10.2 Å². The summed E-state index contributed by atoms with van der Waals surface area (Å²) in [5.74, 6) is -3.13. The number of rotatable bonds is 7. The molecule has 3 heterocycles. The van der Waals surface area contributed by atoms with Gasteiger partial charge in [0.25, 0.3) is 5.91 Å². The molecule has 2 saturated heterocycles. The molecule has 3 aliphatic heterocycles. The zero-order chi connectivity index (χ0) is 32.4. The molecular weight excluding hydrogens is 608 g/mol. The van der Waals surface area contributed by atoms with Gasteiger partial charge in [0, 0.05) is 55.0 Å². The number of halogens is 3. The molecule has 44 heavy (non-hydrogen) atoms. The minimum Gasteiger partial charge on any atom is -0.450 e. The number of hydrogen-bond acceptors (Lipinski definition) is 6. The van der Waals surface area contributed by atoms with Gasteiger partial charge in [-0.2, -0.15) is 0 Å². The number of benzene rings is 2. The second-order valence-corrected chi connectivity index (χ2v) is 14.8. The Morgan fingerprint density at radius 2 is 1.77 bits per heavy atom. The number of carbonyl (C=O) groups is 4. The van der Waals surface area contributed by atoms with Crippen LogP contribution in [0.2, 0.25) is 10.0 Å². The molecule has 3 aliphatic rings. The Balaban J connectivity index is 1.52. The molecule has 8 nitrogen and oxygen atoms in total. The van der Waals surface area contributed by atoms with E-state index in [1.54, 1.807) is 35.2 Å². The van der Waals surface area contributed by atoms with Crippen molar-refractivity contribution in [2.45, 2.75) is 83.4 Å². The second-order valence-electron chi connectivity index (χ2n) is 13.9. The highest BCUT2D eigenvalue weighted by Crippen LogP contribution is 2.57. The molecule has 1 spiro atoms. The third kappa shape index (κ3) is 5.63. The summed E-state index contributed by atoms with van der Waals surface area (Å²) in [5, 5.41) is 6.83. The Bertz CT molecular complexity index is 1530. The van der Waals surface area contributed by atoms with Crippen molar-refractivity contribution in [3.8, 4) is 0 Å². The minimum atomic E-state index is -1.32. The molecule has 0 bridgehead atoms. The molecular formula is C33H38Cl2FN3O5. The number of likely N-dealkylation sites (tertiary alicyclic amines) is 1. The largest absolute Gasteiger partial charge is 0.450 e. The molecule has 0 saturated carbocycles. The maximum atomic E-state index is 15.9. The Morgan fingerprint density at radius 3 is 2.41 bits per heavy atom. The van der Waals surface area contributed by atoms with Crippen LogP contribution in [0.1, 0.15) is 71.4 Å². The van der Waals surface area contributed by atoms with Crippen LogP contribution in [-0.4, -0.2) is 59.2 Å². The first-order chi connectivity index (χ1) is 20.5. The second kappa shape index (κ2) is 11.4. The highest BCUT2D eigenvalue weighted by Gasteiger charge is 2.66. The van der Waals surface area contributed by atoms with Gasteiger partial charge in [0.2, 0.25) is 5.91 Å². The molecule has 0 unspecified atom stereocenters. The Labute approximate surface area is 267 Å². The summed E-state index contributed by atoms with van der Waals surface area (Å²) < 4.78 is 21.1. The molecule has 2 aromatic carbocycles. The first-order valence-corrected chi connectivity index (χ1v) is 15.5. The Morgan fingerprint density at radius 1 is 1.09 bits per heavy atom. The number of carbonyl (C=O) groups excluding carboxylic acids is 4. The van der Waals surface area contributed by atoms with Crippen LogP contribution in [0.25, 0.3) is 0 Å². The van der Waals surface area contributed by atoms with Gasteiger partial charge < -0.3 is 20.3 Å². The van der Waals surface area contributed by atoms with Crippen molar-refractivity contribution in [3.05, 3.63) is 63.4 Å². The monoisotopic (exact) mass is 645 g/mol. The Kier molecular flexibility index (Phi) is 8.40. The van der Waals surface area contributed by atoms with Crippen LogP contribution < -0.4 is 10.6 Å². The van der Waals surface area contributed by atoms with Gasteiger partial charge in [-0.3, -0.25) is 19.2 Å². The van der Waals surface area contributed by atoms with E-state index in [2.05, 4.69) is 31.4 Å². The van der Waals surface area contributed by atoms with E-state index in [1.165, 1.54) is 26.8 Å². The molecule has 2 fully saturated rings. The molecule has 2 aromatic rings. The lowest BCUT2D eigenvalue weighted by Gasteiger charge is -2.43. The fraction of sp³-hybridized carbons (Fsp3) is 0.515. The standard InChI is InChI=1S/C33H38Cl2FN3O5/c1-17(40)44-32(5,6)30(43)39-15-18(16-39)12-24(41)28-26(20-8-7-9-22(35)27(20)36)33(25(38-28)14-31(2,3)4)21-11-10-19(34)13-23(21)37-29(33)42/h7-11,13,18,25-26,28,38H,12,14-16H2,1-6H3,(H,37,42)/t25-,26+,28+,33+/m1/s1. The molecule has 11 heteroatoms. The van der Waals surface area contributed by atoms with E-state index in [0.29, 0.717) is 35.8 Å². The van der Waals surface area contributed by atoms with Gasteiger partial charge >= 0.3 is 5.97 Å². The van der Waals surface area contributed by atoms with Gasteiger partial charge in [-0.1, -0.05) is 62.2 Å². The molecule has 236 valence electrons. The number of ketones is 1. The zero-order valence-electron chi connectivity index (χ0n) is 25.7. The van der Waals surface area contributed by atoms with Gasteiger partial charge in [-0.15, -0.1) is 0 Å². The lowest BCUT2D eigenvalue weighted by atomic mass is 9.62. The third-order valence-corrected chi connectivity index (χ3v) is 9.46. The SMILES string of the molecule is CC(=O)OC(C)(C)C(=O)N1CC(CC(=O)[C@@H]2N[C@H](CC(C)(C)C)[C@]3(C(=O)Nc4cc(Cl)ccc43)[C@H]2c2cccc(Cl)c2F)C1. The smallest absolute Gasteiger partial charge is 0.303 e. The summed E-state index contributed by atoms with van der Waals surface area (Å²) in [6.45, 7) is 11.1. The van der Waals surface area contributed by atoms with Gasteiger partial charge in [-0.05, 0) is 55.0 Å². The van der Waals surface area contributed by atoms with Crippen LogP contribution in [0, 0.1) is 17.2 Å². The lowest BCUT2D eigenvalue weighted by Crippen LogP contribution is -2.58. The molecule has 4 atom stereocenters.